The highest BCUT2D eigenvalue weighted by Crippen LogP contribution is 2.38. The van der Waals surface area contributed by atoms with Crippen LogP contribution in [0.4, 0.5) is 0 Å². The van der Waals surface area contributed by atoms with Crippen molar-refractivity contribution in [2.75, 3.05) is 0 Å². The predicted octanol–water partition coefficient (Wildman–Crippen LogP) is 3.13. The van der Waals surface area contributed by atoms with Gasteiger partial charge in [0.25, 0.3) is 0 Å². The van der Waals surface area contributed by atoms with E-state index < -0.39 is 0 Å². The first-order valence-corrected chi connectivity index (χ1v) is 7.41. The molecule has 1 saturated carbocycles. The number of hydrogen-bond acceptors (Lipinski definition) is 2. The van der Waals surface area contributed by atoms with Gasteiger partial charge in [-0.15, -0.1) is 0 Å². The number of hydrogen-bond donors (Lipinski definition) is 1. The Morgan fingerprint density at radius 3 is 2.78 bits per heavy atom. The number of rotatable bonds is 5. The van der Waals surface area contributed by atoms with Gasteiger partial charge in [-0.05, 0) is 24.7 Å². The molecule has 3 heteroatoms. The SMILES string of the molecule is CCCn1ccnc1CC(N)C1(C)CCCCC1. The summed E-state index contributed by atoms with van der Waals surface area (Å²) in [7, 11) is 0. The normalized spacial score (nSPS) is 20.8. The molecule has 2 rings (SSSR count). The van der Waals surface area contributed by atoms with Crippen LogP contribution in [0, 0.1) is 5.41 Å². The second-order valence-corrected chi connectivity index (χ2v) is 6.06. The topological polar surface area (TPSA) is 43.8 Å². The van der Waals surface area contributed by atoms with Crippen molar-refractivity contribution in [3.05, 3.63) is 18.2 Å². The zero-order chi connectivity index (χ0) is 13.0. The fourth-order valence-corrected chi connectivity index (χ4v) is 3.15. The molecular weight excluding hydrogens is 222 g/mol. The Kier molecular flexibility index (Phi) is 4.44. The van der Waals surface area contributed by atoms with E-state index >= 15 is 0 Å². The second kappa shape index (κ2) is 5.87. The number of aromatic nitrogens is 2. The van der Waals surface area contributed by atoms with Crippen molar-refractivity contribution < 1.29 is 0 Å². The Morgan fingerprint density at radius 2 is 2.11 bits per heavy atom. The number of nitrogens with zero attached hydrogens (tertiary/aromatic N) is 2. The van der Waals surface area contributed by atoms with Crippen LogP contribution in [-0.4, -0.2) is 15.6 Å². The zero-order valence-electron chi connectivity index (χ0n) is 11.9. The van der Waals surface area contributed by atoms with Crippen molar-refractivity contribution in [1.29, 1.82) is 0 Å². The van der Waals surface area contributed by atoms with E-state index in [4.69, 9.17) is 5.73 Å². The third-order valence-corrected chi connectivity index (χ3v) is 4.56. The summed E-state index contributed by atoms with van der Waals surface area (Å²) in [5.41, 5.74) is 6.81. The molecule has 18 heavy (non-hydrogen) atoms. The van der Waals surface area contributed by atoms with E-state index in [9.17, 15) is 0 Å². The summed E-state index contributed by atoms with van der Waals surface area (Å²) >= 11 is 0. The minimum absolute atomic E-state index is 0.246. The number of imidazole rings is 1. The predicted molar refractivity (Wildman–Crippen MR) is 75.4 cm³/mol. The summed E-state index contributed by atoms with van der Waals surface area (Å²) in [4.78, 5) is 4.48. The monoisotopic (exact) mass is 249 g/mol. The van der Waals surface area contributed by atoms with Crippen LogP contribution in [0.1, 0.15) is 58.2 Å². The molecule has 1 aromatic rings. The van der Waals surface area contributed by atoms with Crippen LogP contribution in [0.25, 0.3) is 0 Å². The lowest BCUT2D eigenvalue weighted by Gasteiger charge is -2.38. The molecule has 1 unspecified atom stereocenters. The Morgan fingerprint density at radius 1 is 1.39 bits per heavy atom. The molecule has 0 amide bonds. The molecule has 102 valence electrons. The molecule has 3 nitrogen and oxygen atoms in total. The molecule has 1 atom stereocenters. The minimum Gasteiger partial charge on any atom is -0.335 e. The van der Waals surface area contributed by atoms with E-state index in [-0.39, 0.29) is 6.04 Å². The standard InChI is InChI=1S/C15H27N3/c1-3-10-18-11-9-17-14(18)12-13(16)15(2)7-5-4-6-8-15/h9,11,13H,3-8,10,12,16H2,1-2H3. The Hall–Kier alpha value is -0.830. The third kappa shape index (κ3) is 2.94. The summed E-state index contributed by atoms with van der Waals surface area (Å²) in [6.45, 7) is 5.62. The average molecular weight is 249 g/mol. The smallest absolute Gasteiger partial charge is 0.110 e. The average Bonchev–Trinajstić information content (AvgIpc) is 2.78. The van der Waals surface area contributed by atoms with Crippen molar-refractivity contribution in [3.8, 4) is 0 Å². The maximum atomic E-state index is 6.49. The molecule has 1 aliphatic rings. The van der Waals surface area contributed by atoms with Crippen molar-refractivity contribution in [1.82, 2.24) is 9.55 Å². The van der Waals surface area contributed by atoms with Crippen LogP contribution in [0.3, 0.4) is 0 Å². The van der Waals surface area contributed by atoms with Gasteiger partial charge in [-0.1, -0.05) is 33.1 Å². The van der Waals surface area contributed by atoms with Gasteiger partial charge in [0, 0.05) is 31.4 Å². The fraction of sp³-hybridized carbons (Fsp3) is 0.800. The first-order chi connectivity index (χ1) is 8.65. The summed E-state index contributed by atoms with van der Waals surface area (Å²) in [6, 6.07) is 0.246. The fourth-order valence-electron chi connectivity index (χ4n) is 3.15. The molecule has 1 fully saturated rings. The van der Waals surface area contributed by atoms with Gasteiger partial charge in [0.05, 0.1) is 0 Å². The van der Waals surface area contributed by atoms with Crippen molar-refractivity contribution >= 4 is 0 Å². The molecule has 1 aliphatic carbocycles. The van der Waals surface area contributed by atoms with Crippen LogP contribution in [0.5, 0.6) is 0 Å². The molecule has 1 aromatic heterocycles. The summed E-state index contributed by atoms with van der Waals surface area (Å²) in [5, 5.41) is 0. The van der Waals surface area contributed by atoms with Crippen LogP contribution >= 0.6 is 0 Å². The maximum absolute atomic E-state index is 6.49. The lowest BCUT2D eigenvalue weighted by molar-refractivity contribution is 0.166. The Balaban J connectivity index is 2.01. The molecule has 0 aromatic carbocycles. The van der Waals surface area contributed by atoms with Gasteiger partial charge in [-0.25, -0.2) is 4.98 Å². The van der Waals surface area contributed by atoms with Crippen molar-refractivity contribution in [3.63, 3.8) is 0 Å². The lowest BCUT2D eigenvalue weighted by Crippen LogP contribution is -2.43. The van der Waals surface area contributed by atoms with Crippen molar-refractivity contribution in [2.24, 2.45) is 11.1 Å². The third-order valence-electron chi connectivity index (χ3n) is 4.56. The molecule has 1 heterocycles. The van der Waals surface area contributed by atoms with Crippen molar-refractivity contribution in [2.45, 2.75) is 71.4 Å². The molecular formula is C15H27N3. The van der Waals surface area contributed by atoms with Gasteiger partial charge in [0.1, 0.15) is 5.82 Å². The zero-order valence-corrected chi connectivity index (χ0v) is 11.9. The first-order valence-electron chi connectivity index (χ1n) is 7.41. The van der Waals surface area contributed by atoms with Gasteiger partial charge in [-0.2, -0.15) is 0 Å². The largest absolute Gasteiger partial charge is 0.335 e. The van der Waals surface area contributed by atoms with Crippen LogP contribution in [-0.2, 0) is 13.0 Å². The van der Waals surface area contributed by atoms with E-state index in [1.807, 2.05) is 6.20 Å². The van der Waals surface area contributed by atoms with Gasteiger partial charge in [0.15, 0.2) is 0 Å². The maximum Gasteiger partial charge on any atom is 0.110 e. The van der Waals surface area contributed by atoms with Crippen LogP contribution in [0.15, 0.2) is 12.4 Å². The molecule has 0 spiro atoms. The molecule has 0 radical (unpaired) electrons. The van der Waals surface area contributed by atoms with E-state index in [2.05, 4.69) is 29.6 Å². The van der Waals surface area contributed by atoms with E-state index in [0.717, 1.165) is 25.2 Å². The lowest BCUT2D eigenvalue weighted by atomic mass is 9.70. The number of aryl methyl sites for hydroxylation is 1. The van der Waals surface area contributed by atoms with E-state index in [1.54, 1.807) is 0 Å². The summed E-state index contributed by atoms with van der Waals surface area (Å²) in [6.07, 6.45) is 12.7. The molecule has 0 aliphatic heterocycles. The Labute approximate surface area is 111 Å². The minimum atomic E-state index is 0.246. The van der Waals surface area contributed by atoms with Crippen LogP contribution in [0.2, 0.25) is 0 Å². The van der Waals surface area contributed by atoms with Gasteiger partial charge in [0.2, 0.25) is 0 Å². The van der Waals surface area contributed by atoms with E-state index in [1.165, 1.54) is 32.1 Å². The second-order valence-electron chi connectivity index (χ2n) is 6.06. The highest BCUT2D eigenvalue weighted by molar-refractivity contribution is 4.99. The molecule has 2 N–H and O–H groups in total. The van der Waals surface area contributed by atoms with Gasteiger partial charge < -0.3 is 10.3 Å². The first kappa shape index (κ1) is 13.6. The quantitative estimate of drug-likeness (QED) is 0.871. The highest BCUT2D eigenvalue weighted by Gasteiger charge is 2.33. The summed E-state index contributed by atoms with van der Waals surface area (Å²) < 4.78 is 2.26. The Bertz CT molecular complexity index is 364. The number of nitrogens with two attached hydrogens (primary N) is 1. The molecule has 0 bridgehead atoms. The highest BCUT2D eigenvalue weighted by atomic mass is 15.1. The van der Waals surface area contributed by atoms with Gasteiger partial charge in [-0.3, -0.25) is 0 Å². The van der Waals surface area contributed by atoms with E-state index in [0.29, 0.717) is 5.41 Å². The van der Waals surface area contributed by atoms with Gasteiger partial charge >= 0.3 is 0 Å². The molecule has 0 saturated heterocycles. The van der Waals surface area contributed by atoms with Crippen LogP contribution < -0.4 is 5.73 Å². The summed E-state index contributed by atoms with van der Waals surface area (Å²) in [5.74, 6) is 1.16.